The van der Waals surface area contributed by atoms with E-state index in [1.807, 2.05) is 43.3 Å². The molecule has 1 saturated heterocycles. The van der Waals surface area contributed by atoms with Gasteiger partial charge in [-0.2, -0.15) is 4.98 Å². The van der Waals surface area contributed by atoms with E-state index >= 15 is 0 Å². The van der Waals surface area contributed by atoms with Crippen LogP contribution in [0, 0.1) is 6.92 Å². The molecule has 8 nitrogen and oxygen atoms in total. The lowest BCUT2D eigenvalue weighted by Gasteiger charge is -2.23. The topological polar surface area (TPSA) is 90.1 Å². The minimum atomic E-state index is -0.481. The van der Waals surface area contributed by atoms with Crippen molar-refractivity contribution in [1.82, 2.24) is 15.0 Å². The van der Waals surface area contributed by atoms with Crippen molar-refractivity contribution in [2.45, 2.75) is 32.0 Å². The van der Waals surface area contributed by atoms with E-state index in [2.05, 4.69) is 15.0 Å². The molecule has 0 aliphatic carbocycles. The predicted molar refractivity (Wildman–Crippen MR) is 114 cm³/mol. The smallest absolute Gasteiger partial charge is 0.244 e. The maximum absolute atomic E-state index is 10.4. The Balaban J connectivity index is 1.61. The highest BCUT2D eigenvalue weighted by atomic mass is 16.5. The molecule has 31 heavy (non-hydrogen) atoms. The van der Waals surface area contributed by atoms with Gasteiger partial charge in [0.15, 0.2) is 11.5 Å². The van der Waals surface area contributed by atoms with Gasteiger partial charge in [-0.15, -0.1) is 0 Å². The van der Waals surface area contributed by atoms with E-state index in [1.54, 1.807) is 21.3 Å². The quantitative estimate of drug-likeness (QED) is 0.616. The number of methoxy groups -OCH3 is 3. The van der Waals surface area contributed by atoms with Gasteiger partial charge < -0.3 is 23.8 Å². The number of rotatable bonds is 7. The molecule has 2 unspecified atom stereocenters. The Morgan fingerprint density at radius 3 is 2.61 bits per heavy atom. The van der Waals surface area contributed by atoms with Crippen LogP contribution in [0.3, 0.4) is 0 Å². The van der Waals surface area contributed by atoms with Gasteiger partial charge >= 0.3 is 0 Å². The molecule has 1 aromatic heterocycles. The second kappa shape index (κ2) is 8.95. The maximum atomic E-state index is 10.4. The Bertz CT molecular complexity index is 1050. The molecule has 0 radical (unpaired) electrons. The van der Waals surface area contributed by atoms with Crippen LogP contribution in [0.15, 0.2) is 40.9 Å². The highest BCUT2D eigenvalue weighted by molar-refractivity contribution is 5.56. The lowest BCUT2D eigenvalue weighted by molar-refractivity contribution is 0.168. The fraction of sp³-hybridized carbons (Fsp3) is 0.391. The van der Waals surface area contributed by atoms with Gasteiger partial charge in [0.1, 0.15) is 0 Å². The van der Waals surface area contributed by atoms with Gasteiger partial charge in [0, 0.05) is 24.2 Å². The lowest BCUT2D eigenvalue weighted by Crippen LogP contribution is -2.25. The zero-order valence-electron chi connectivity index (χ0n) is 18.2. The minimum absolute atomic E-state index is 0.195. The molecule has 1 N–H and O–H groups in total. The number of ether oxygens (including phenoxy) is 3. The summed E-state index contributed by atoms with van der Waals surface area (Å²) in [7, 11) is 4.77. The van der Waals surface area contributed by atoms with Crippen LogP contribution in [0.4, 0.5) is 0 Å². The van der Waals surface area contributed by atoms with Gasteiger partial charge in [0.25, 0.3) is 0 Å². The fourth-order valence-electron chi connectivity index (χ4n) is 4.09. The highest BCUT2D eigenvalue weighted by Gasteiger charge is 2.36. The second-order valence-electron chi connectivity index (χ2n) is 7.65. The molecule has 1 aliphatic heterocycles. The van der Waals surface area contributed by atoms with Gasteiger partial charge in [0.2, 0.25) is 17.5 Å². The molecule has 8 heteroatoms. The Kier molecular flexibility index (Phi) is 6.11. The van der Waals surface area contributed by atoms with E-state index in [0.717, 1.165) is 16.7 Å². The van der Waals surface area contributed by atoms with Crippen LogP contribution < -0.4 is 14.2 Å². The van der Waals surface area contributed by atoms with E-state index in [1.165, 1.54) is 0 Å². The van der Waals surface area contributed by atoms with Gasteiger partial charge in [0.05, 0.1) is 33.5 Å². The summed E-state index contributed by atoms with van der Waals surface area (Å²) in [5.74, 6) is 2.78. The summed E-state index contributed by atoms with van der Waals surface area (Å²) in [6, 6.07) is 11.6. The zero-order chi connectivity index (χ0) is 22.0. The number of aliphatic hydroxyl groups excluding tert-OH is 1. The first-order valence-corrected chi connectivity index (χ1v) is 10.1. The van der Waals surface area contributed by atoms with E-state index in [4.69, 9.17) is 18.7 Å². The lowest BCUT2D eigenvalue weighted by atomic mass is 10.1. The number of hydrogen-bond acceptors (Lipinski definition) is 8. The first kappa shape index (κ1) is 21.1. The minimum Gasteiger partial charge on any atom is -0.493 e. The molecule has 164 valence electrons. The van der Waals surface area contributed by atoms with Crippen molar-refractivity contribution >= 4 is 0 Å². The van der Waals surface area contributed by atoms with Gasteiger partial charge in [-0.3, -0.25) is 4.90 Å². The van der Waals surface area contributed by atoms with E-state index < -0.39 is 6.10 Å². The third-order valence-corrected chi connectivity index (χ3v) is 5.54. The zero-order valence-corrected chi connectivity index (χ0v) is 18.2. The van der Waals surface area contributed by atoms with Crippen LogP contribution in [0.5, 0.6) is 17.2 Å². The number of nitrogens with zero attached hydrogens (tertiary/aromatic N) is 3. The average molecular weight is 425 g/mol. The van der Waals surface area contributed by atoms with Crippen LogP contribution in [-0.4, -0.2) is 54.1 Å². The van der Waals surface area contributed by atoms with E-state index in [0.29, 0.717) is 48.5 Å². The first-order valence-electron chi connectivity index (χ1n) is 10.1. The molecule has 1 fully saturated rings. The Morgan fingerprint density at radius 2 is 1.90 bits per heavy atom. The number of aryl methyl sites for hydroxylation is 1. The molecular formula is C23H27N3O5. The molecule has 3 aromatic rings. The van der Waals surface area contributed by atoms with Crippen molar-refractivity contribution in [1.29, 1.82) is 0 Å². The van der Waals surface area contributed by atoms with Crippen LogP contribution in [0.25, 0.3) is 11.4 Å². The first-order chi connectivity index (χ1) is 15.0. The van der Waals surface area contributed by atoms with Gasteiger partial charge in [-0.05, 0) is 25.5 Å². The maximum Gasteiger partial charge on any atom is 0.244 e. The summed E-state index contributed by atoms with van der Waals surface area (Å²) < 4.78 is 22.1. The largest absolute Gasteiger partial charge is 0.493 e. The second-order valence-corrected chi connectivity index (χ2v) is 7.65. The van der Waals surface area contributed by atoms with Crippen molar-refractivity contribution in [2.75, 3.05) is 27.9 Å². The molecule has 0 spiro atoms. The molecule has 2 atom stereocenters. The van der Waals surface area contributed by atoms with Crippen molar-refractivity contribution in [2.24, 2.45) is 0 Å². The number of likely N-dealkylation sites (tertiary alicyclic amines) is 1. The summed E-state index contributed by atoms with van der Waals surface area (Å²) in [4.78, 5) is 6.74. The number of aromatic nitrogens is 2. The Morgan fingerprint density at radius 1 is 1.10 bits per heavy atom. The Hall–Kier alpha value is -3.10. The standard InChI is InChI=1S/C23H27N3O5/c1-14-6-5-7-15(10-14)22-24-23(31-25-22)18-11-17(27)13-26(18)12-16-8-9-19(28-2)21(30-4)20(16)29-3/h5-10,17-18,27H,11-13H2,1-4H3. The molecule has 2 heterocycles. The van der Waals surface area contributed by atoms with E-state index in [9.17, 15) is 5.11 Å². The molecule has 0 saturated carbocycles. The third kappa shape index (κ3) is 4.22. The summed E-state index contributed by atoms with van der Waals surface area (Å²) in [5, 5.41) is 14.5. The third-order valence-electron chi connectivity index (χ3n) is 5.54. The average Bonchev–Trinajstić information content (AvgIpc) is 3.40. The van der Waals surface area contributed by atoms with Gasteiger partial charge in [-0.25, -0.2) is 0 Å². The van der Waals surface area contributed by atoms with Crippen LogP contribution in [0.2, 0.25) is 0 Å². The number of aliphatic hydroxyl groups is 1. The summed E-state index contributed by atoms with van der Waals surface area (Å²) in [5.41, 5.74) is 2.95. The monoisotopic (exact) mass is 425 g/mol. The molecule has 1 aliphatic rings. The number of β-amino-alcohol motifs (C(OH)–C–C–N with tert-alkyl or cyclic N) is 1. The predicted octanol–water partition coefficient (Wildman–Crippen LogP) is 3.38. The summed E-state index contributed by atoms with van der Waals surface area (Å²) in [6.45, 7) is 3.04. The normalized spacial score (nSPS) is 18.9. The molecule has 4 rings (SSSR count). The molecule has 2 aromatic carbocycles. The number of benzene rings is 2. The summed E-state index contributed by atoms with van der Waals surface area (Å²) >= 11 is 0. The Labute approximate surface area is 181 Å². The number of hydrogen-bond donors (Lipinski definition) is 1. The van der Waals surface area contributed by atoms with Crippen LogP contribution >= 0.6 is 0 Å². The van der Waals surface area contributed by atoms with Crippen LogP contribution in [0.1, 0.15) is 29.5 Å². The van der Waals surface area contributed by atoms with Crippen molar-refractivity contribution in [3.8, 4) is 28.6 Å². The van der Waals surface area contributed by atoms with E-state index in [-0.39, 0.29) is 6.04 Å². The van der Waals surface area contributed by atoms with Crippen molar-refractivity contribution in [3.05, 3.63) is 53.4 Å². The summed E-state index contributed by atoms with van der Waals surface area (Å²) in [6.07, 6.45) is 0.0378. The van der Waals surface area contributed by atoms with Crippen molar-refractivity contribution in [3.63, 3.8) is 0 Å². The molecule has 0 bridgehead atoms. The van der Waals surface area contributed by atoms with Crippen LogP contribution in [-0.2, 0) is 6.54 Å². The molecular weight excluding hydrogens is 398 g/mol. The van der Waals surface area contributed by atoms with Crippen molar-refractivity contribution < 1.29 is 23.8 Å². The fourth-order valence-corrected chi connectivity index (χ4v) is 4.09. The highest BCUT2D eigenvalue weighted by Crippen LogP contribution is 2.42. The van der Waals surface area contributed by atoms with Gasteiger partial charge in [-0.1, -0.05) is 35.0 Å². The SMILES string of the molecule is COc1ccc(CN2CC(O)CC2c2nc(-c3cccc(C)c3)no2)c(OC)c1OC. The molecule has 0 amide bonds.